The molecule has 0 aliphatic heterocycles. The first-order valence-electron chi connectivity index (χ1n) is 2.81. The quantitative estimate of drug-likeness (QED) is 0.487. The maximum Gasteiger partial charge on any atom is 0.188 e. The van der Waals surface area contributed by atoms with Crippen molar-refractivity contribution in [1.29, 1.82) is 0 Å². The van der Waals surface area contributed by atoms with Crippen molar-refractivity contribution in [1.82, 2.24) is 9.97 Å². The van der Waals surface area contributed by atoms with E-state index in [2.05, 4.69) is 16.5 Å². The Hall–Kier alpha value is -0.830. The molecule has 0 spiro atoms. The Morgan fingerprint density at radius 3 is 2.70 bits per heavy atom. The van der Waals surface area contributed by atoms with E-state index in [1.165, 1.54) is 11.8 Å². The monoisotopic (exact) mass is 151 g/mol. The molecule has 0 saturated carbocycles. The lowest BCUT2D eigenvalue weighted by atomic mass is 10.7. The fourth-order valence-electron chi connectivity index (χ4n) is 0.455. The number of hydrogen-bond donors (Lipinski definition) is 0. The third-order valence-corrected chi connectivity index (χ3v) is 1.56. The van der Waals surface area contributed by atoms with Crippen molar-refractivity contribution in [2.45, 2.75) is 5.16 Å². The molecule has 0 bridgehead atoms. The molecule has 0 N–H and O–H groups in total. The van der Waals surface area contributed by atoms with Gasteiger partial charge in [0, 0.05) is 18.1 Å². The van der Waals surface area contributed by atoms with Crippen LogP contribution in [0.3, 0.4) is 0 Å². The molecule has 0 amide bonds. The Balaban J connectivity index is 2.50. The van der Waals surface area contributed by atoms with Crippen LogP contribution in [0.5, 0.6) is 0 Å². The molecule has 3 heteroatoms. The van der Waals surface area contributed by atoms with E-state index in [1.807, 2.05) is 5.75 Å². The van der Waals surface area contributed by atoms with Crippen molar-refractivity contribution in [3.8, 4) is 0 Å². The highest BCUT2D eigenvalue weighted by Gasteiger charge is 1.90. The van der Waals surface area contributed by atoms with E-state index in [1.54, 1.807) is 24.5 Å². The molecule has 1 aromatic rings. The van der Waals surface area contributed by atoms with Gasteiger partial charge in [0.15, 0.2) is 5.16 Å². The van der Waals surface area contributed by atoms with Gasteiger partial charge in [0.05, 0.1) is 0 Å². The summed E-state index contributed by atoms with van der Waals surface area (Å²) in [5.74, 6) is 1.84. The molecule has 51 valence electrons. The summed E-state index contributed by atoms with van der Waals surface area (Å²) < 4.78 is 0. The van der Waals surface area contributed by atoms with E-state index in [-0.39, 0.29) is 0 Å². The van der Waals surface area contributed by atoms with E-state index in [0.29, 0.717) is 0 Å². The van der Waals surface area contributed by atoms with E-state index in [4.69, 9.17) is 0 Å². The number of rotatable bonds is 3. The third kappa shape index (κ3) is 2.19. The third-order valence-electron chi connectivity index (χ3n) is 0.812. The highest BCUT2D eigenvalue weighted by Crippen LogP contribution is 2.13. The molecule has 0 aromatic carbocycles. The minimum absolute atomic E-state index is 0.752. The smallest absolute Gasteiger partial charge is 0.188 e. The molecular formula is C7H7N2S. The van der Waals surface area contributed by atoms with Crippen LogP contribution in [0, 0.1) is 5.75 Å². The fourth-order valence-corrected chi connectivity index (χ4v) is 0.917. The van der Waals surface area contributed by atoms with Crippen LogP contribution in [0.15, 0.2) is 36.3 Å². The zero-order valence-electron chi connectivity index (χ0n) is 5.40. The van der Waals surface area contributed by atoms with E-state index in [9.17, 15) is 0 Å². The summed E-state index contributed by atoms with van der Waals surface area (Å²) in [6, 6.07) is 1.79. The van der Waals surface area contributed by atoms with Gasteiger partial charge in [-0.1, -0.05) is 17.8 Å². The molecule has 0 aliphatic rings. The van der Waals surface area contributed by atoms with Crippen LogP contribution in [-0.2, 0) is 0 Å². The molecule has 0 fully saturated rings. The van der Waals surface area contributed by atoms with Gasteiger partial charge in [-0.2, -0.15) is 0 Å². The SMILES string of the molecule is C=C[CH]Sc1ncccn1. The first-order chi connectivity index (χ1) is 4.93. The number of thioether (sulfide) groups is 1. The first-order valence-corrected chi connectivity index (χ1v) is 3.69. The molecule has 0 saturated heterocycles. The van der Waals surface area contributed by atoms with Gasteiger partial charge in [-0.05, 0) is 6.07 Å². The summed E-state index contributed by atoms with van der Waals surface area (Å²) in [4.78, 5) is 7.98. The molecule has 0 aliphatic carbocycles. The Labute approximate surface area is 64.4 Å². The fraction of sp³-hybridized carbons (Fsp3) is 0. The average molecular weight is 151 g/mol. The zero-order chi connectivity index (χ0) is 7.23. The van der Waals surface area contributed by atoms with Crippen molar-refractivity contribution in [2.75, 3.05) is 0 Å². The Kier molecular flexibility index (Phi) is 2.96. The van der Waals surface area contributed by atoms with Crippen molar-refractivity contribution in [2.24, 2.45) is 0 Å². The van der Waals surface area contributed by atoms with E-state index >= 15 is 0 Å². The molecule has 2 nitrogen and oxygen atoms in total. The molecular weight excluding hydrogens is 144 g/mol. The van der Waals surface area contributed by atoms with Crippen molar-refractivity contribution < 1.29 is 0 Å². The average Bonchev–Trinajstić information content (AvgIpc) is 2.03. The van der Waals surface area contributed by atoms with Crippen LogP contribution < -0.4 is 0 Å². The number of nitrogens with zero attached hydrogens (tertiary/aromatic N) is 2. The second kappa shape index (κ2) is 4.06. The minimum atomic E-state index is 0.752. The molecule has 1 radical (unpaired) electrons. The second-order valence-electron chi connectivity index (χ2n) is 1.52. The highest BCUT2D eigenvalue weighted by molar-refractivity contribution is 8.01. The van der Waals surface area contributed by atoms with E-state index < -0.39 is 0 Å². The molecule has 0 unspecified atom stereocenters. The lowest BCUT2D eigenvalue weighted by Gasteiger charge is -1.91. The molecule has 0 atom stereocenters. The first kappa shape index (κ1) is 7.28. The van der Waals surface area contributed by atoms with Gasteiger partial charge in [-0.3, -0.25) is 0 Å². The lowest BCUT2D eigenvalue weighted by molar-refractivity contribution is 0.970. The van der Waals surface area contributed by atoms with Gasteiger partial charge in [-0.15, -0.1) is 6.58 Å². The van der Waals surface area contributed by atoms with Crippen LogP contribution in [-0.4, -0.2) is 9.97 Å². The maximum absolute atomic E-state index is 3.99. The van der Waals surface area contributed by atoms with Crippen LogP contribution in [0.2, 0.25) is 0 Å². The summed E-state index contributed by atoms with van der Waals surface area (Å²) in [7, 11) is 0. The van der Waals surface area contributed by atoms with Crippen molar-refractivity contribution in [3.05, 3.63) is 36.9 Å². The standard InChI is InChI=1S/C7H7N2S/c1-2-6-10-7-8-4-3-5-9-7/h2-6H,1H2. The molecule has 1 aromatic heterocycles. The van der Waals surface area contributed by atoms with Crippen LogP contribution in [0.4, 0.5) is 0 Å². The highest BCUT2D eigenvalue weighted by atomic mass is 32.2. The minimum Gasteiger partial charge on any atom is -0.231 e. The Morgan fingerprint density at radius 2 is 2.10 bits per heavy atom. The molecule has 10 heavy (non-hydrogen) atoms. The van der Waals surface area contributed by atoms with Crippen molar-refractivity contribution >= 4 is 11.8 Å². The Morgan fingerprint density at radius 1 is 1.40 bits per heavy atom. The molecule has 1 heterocycles. The van der Waals surface area contributed by atoms with Gasteiger partial charge in [0.25, 0.3) is 0 Å². The maximum atomic E-state index is 3.99. The van der Waals surface area contributed by atoms with Crippen molar-refractivity contribution in [3.63, 3.8) is 0 Å². The van der Waals surface area contributed by atoms with Gasteiger partial charge in [0.1, 0.15) is 0 Å². The van der Waals surface area contributed by atoms with Gasteiger partial charge in [-0.25, -0.2) is 9.97 Å². The van der Waals surface area contributed by atoms with E-state index in [0.717, 1.165) is 5.16 Å². The normalized spacial score (nSPS) is 9.20. The zero-order valence-corrected chi connectivity index (χ0v) is 6.21. The summed E-state index contributed by atoms with van der Waals surface area (Å²) in [5.41, 5.74) is 0. The van der Waals surface area contributed by atoms with Gasteiger partial charge in [0.2, 0.25) is 0 Å². The summed E-state index contributed by atoms with van der Waals surface area (Å²) in [6.45, 7) is 3.54. The largest absolute Gasteiger partial charge is 0.231 e. The predicted molar refractivity (Wildman–Crippen MR) is 42.4 cm³/mol. The molecule has 1 rings (SSSR count). The number of hydrogen-bond acceptors (Lipinski definition) is 3. The summed E-state index contributed by atoms with van der Waals surface area (Å²) in [6.07, 6.45) is 5.14. The predicted octanol–water partition coefficient (Wildman–Crippen LogP) is 1.92. The van der Waals surface area contributed by atoms with Crippen LogP contribution >= 0.6 is 11.8 Å². The Bertz CT molecular complexity index is 198. The summed E-state index contributed by atoms with van der Waals surface area (Å²) in [5, 5.41) is 0.752. The number of aromatic nitrogens is 2. The van der Waals surface area contributed by atoms with Crippen LogP contribution in [0.25, 0.3) is 0 Å². The van der Waals surface area contributed by atoms with Gasteiger partial charge < -0.3 is 0 Å². The summed E-state index contributed by atoms with van der Waals surface area (Å²) >= 11 is 1.46. The van der Waals surface area contributed by atoms with Crippen LogP contribution in [0.1, 0.15) is 0 Å². The lowest BCUT2D eigenvalue weighted by Crippen LogP contribution is -1.80. The van der Waals surface area contributed by atoms with Gasteiger partial charge >= 0.3 is 0 Å². The second-order valence-corrected chi connectivity index (χ2v) is 2.39. The topological polar surface area (TPSA) is 25.8 Å².